The lowest BCUT2D eigenvalue weighted by molar-refractivity contribution is -0.132. The lowest BCUT2D eigenvalue weighted by Gasteiger charge is -2.30. The van der Waals surface area contributed by atoms with Crippen LogP contribution in [-0.2, 0) is 16.0 Å². The van der Waals surface area contributed by atoms with Crippen LogP contribution in [-0.4, -0.2) is 32.9 Å². The van der Waals surface area contributed by atoms with Gasteiger partial charge in [-0.1, -0.05) is 31.2 Å². The largest absolute Gasteiger partial charge is 0.393 e. The van der Waals surface area contributed by atoms with Gasteiger partial charge in [0.25, 0.3) is 0 Å². The van der Waals surface area contributed by atoms with Crippen LogP contribution < -0.4 is 11.1 Å². The number of benzene rings is 1. The Kier molecular flexibility index (Phi) is 5.13. The number of aliphatic hydroxyl groups excluding tert-OH is 1. The van der Waals surface area contributed by atoms with E-state index in [0.29, 0.717) is 30.9 Å². The van der Waals surface area contributed by atoms with Crippen molar-refractivity contribution in [2.75, 3.05) is 11.1 Å². The molecule has 4 N–H and O–H groups in total. The van der Waals surface area contributed by atoms with Crippen molar-refractivity contribution < 1.29 is 14.7 Å². The molecule has 5 rings (SSSR count). The van der Waals surface area contributed by atoms with E-state index in [1.54, 1.807) is 12.3 Å². The third-order valence-corrected chi connectivity index (χ3v) is 6.68. The lowest BCUT2D eigenvalue weighted by atomic mass is 9.78. The van der Waals surface area contributed by atoms with E-state index < -0.39 is 0 Å². The number of hydrogen-bond acceptors (Lipinski definition) is 6. The van der Waals surface area contributed by atoms with Crippen molar-refractivity contribution in [2.45, 2.75) is 38.7 Å². The van der Waals surface area contributed by atoms with E-state index in [1.165, 1.54) is 5.56 Å². The minimum Gasteiger partial charge on any atom is -0.393 e. The molecule has 7 nitrogen and oxygen atoms in total. The summed E-state index contributed by atoms with van der Waals surface area (Å²) in [5.74, 6) is 0.113. The molecule has 1 amide bonds. The van der Waals surface area contributed by atoms with Gasteiger partial charge in [-0.15, -0.1) is 0 Å². The number of Topliss-reactive ketones (excluding diaryl/α,β-unsaturated/α-hetero) is 1. The normalized spacial score (nSPS) is 24.1. The van der Waals surface area contributed by atoms with Crippen molar-refractivity contribution in [1.29, 1.82) is 0 Å². The summed E-state index contributed by atoms with van der Waals surface area (Å²) in [5, 5.41) is 13.8. The number of nitrogens with two attached hydrogens (primary N) is 1. The summed E-state index contributed by atoms with van der Waals surface area (Å²) in [4.78, 5) is 34.0. The number of fused-ring (bicyclic) bond motifs is 1. The fourth-order valence-corrected chi connectivity index (χ4v) is 4.60. The SMILES string of the molecule is CCc1ccccc1-c1cc2cc(NC(=O)[C@H]3C[C@@H]3C(=O)C3CC(O)C3)ncc2c(N)n1. The molecule has 2 aliphatic carbocycles. The first-order valence-electron chi connectivity index (χ1n) is 11.1. The maximum Gasteiger partial charge on any atom is 0.229 e. The predicted octanol–water partition coefficient (Wildman–Crippen LogP) is 3.36. The summed E-state index contributed by atoms with van der Waals surface area (Å²) in [6, 6.07) is 11.8. The van der Waals surface area contributed by atoms with Gasteiger partial charge in [0.2, 0.25) is 5.91 Å². The first-order valence-corrected chi connectivity index (χ1v) is 11.1. The Balaban J connectivity index is 1.35. The number of rotatable bonds is 6. The van der Waals surface area contributed by atoms with Gasteiger partial charge in [-0.25, -0.2) is 9.97 Å². The van der Waals surface area contributed by atoms with Crippen molar-refractivity contribution >= 4 is 34.1 Å². The Morgan fingerprint density at radius 1 is 1.16 bits per heavy atom. The number of pyridine rings is 2. The monoisotopic (exact) mass is 430 g/mol. The van der Waals surface area contributed by atoms with Gasteiger partial charge in [0.05, 0.1) is 11.8 Å². The van der Waals surface area contributed by atoms with E-state index in [2.05, 4.69) is 28.3 Å². The van der Waals surface area contributed by atoms with E-state index in [9.17, 15) is 14.7 Å². The second kappa shape index (κ2) is 7.98. The van der Waals surface area contributed by atoms with Crippen LogP contribution >= 0.6 is 0 Å². The third kappa shape index (κ3) is 3.73. The van der Waals surface area contributed by atoms with Crippen molar-refractivity contribution in [3.05, 3.63) is 48.2 Å². The molecule has 0 aliphatic heterocycles. The van der Waals surface area contributed by atoms with Gasteiger partial charge in [0.15, 0.2) is 0 Å². The smallest absolute Gasteiger partial charge is 0.229 e. The number of nitrogens with one attached hydrogen (secondary N) is 1. The minimum absolute atomic E-state index is 0.0912. The number of aliphatic hydroxyl groups is 1. The van der Waals surface area contributed by atoms with Crippen LogP contribution in [0.1, 0.15) is 31.7 Å². The standard InChI is InChI=1S/C25H26N4O3/c1-2-13-5-3-4-6-17(13)21-9-14-10-22(27-12-20(14)24(26)28-21)29-25(32)19-11-18(19)23(31)15-7-16(30)8-15/h3-6,9-10,12,15-16,18-19,30H,2,7-8,11H2,1H3,(H2,26,28)(H,27,29,32)/t15?,16?,18-,19-/m0/s1. The number of aromatic nitrogens is 2. The van der Waals surface area contributed by atoms with Crippen LogP contribution in [0.15, 0.2) is 42.6 Å². The Morgan fingerprint density at radius 2 is 1.94 bits per heavy atom. The van der Waals surface area contributed by atoms with Crippen LogP contribution in [0.5, 0.6) is 0 Å². The zero-order chi connectivity index (χ0) is 22.4. The maximum atomic E-state index is 12.7. The number of anilines is 2. The summed E-state index contributed by atoms with van der Waals surface area (Å²) < 4.78 is 0. The van der Waals surface area contributed by atoms with Gasteiger partial charge >= 0.3 is 0 Å². The molecule has 0 bridgehead atoms. The average Bonchev–Trinajstić information content (AvgIpc) is 3.57. The zero-order valence-corrected chi connectivity index (χ0v) is 17.9. The topological polar surface area (TPSA) is 118 Å². The van der Waals surface area contributed by atoms with Crippen molar-refractivity contribution in [2.24, 2.45) is 17.8 Å². The number of aryl methyl sites for hydroxylation is 1. The molecular formula is C25H26N4O3. The minimum atomic E-state index is -0.368. The Hall–Kier alpha value is -3.32. The van der Waals surface area contributed by atoms with Gasteiger partial charge in [-0.2, -0.15) is 0 Å². The van der Waals surface area contributed by atoms with Crippen molar-refractivity contribution in [3.8, 4) is 11.3 Å². The van der Waals surface area contributed by atoms with Crippen LogP contribution in [0.2, 0.25) is 0 Å². The molecule has 32 heavy (non-hydrogen) atoms. The van der Waals surface area contributed by atoms with Crippen LogP contribution in [0.25, 0.3) is 22.0 Å². The fraction of sp³-hybridized carbons (Fsp3) is 0.360. The van der Waals surface area contributed by atoms with E-state index in [4.69, 9.17) is 5.73 Å². The molecular weight excluding hydrogens is 404 g/mol. The van der Waals surface area contributed by atoms with Crippen LogP contribution in [0, 0.1) is 17.8 Å². The summed E-state index contributed by atoms with van der Waals surface area (Å²) >= 11 is 0. The van der Waals surface area contributed by atoms with Crippen LogP contribution in [0.3, 0.4) is 0 Å². The number of carbonyl (C=O) groups excluding carboxylic acids is 2. The first-order chi connectivity index (χ1) is 15.4. The lowest BCUT2D eigenvalue weighted by Crippen LogP contribution is -2.35. The molecule has 0 saturated heterocycles. The number of nitrogen functional groups attached to an aromatic ring is 1. The molecule has 2 aromatic heterocycles. The second-order valence-corrected chi connectivity index (χ2v) is 8.86. The first kappa shape index (κ1) is 20.6. The summed E-state index contributed by atoms with van der Waals surface area (Å²) in [5.41, 5.74) is 9.21. The molecule has 2 fully saturated rings. The van der Waals surface area contributed by atoms with Crippen molar-refractivity contribution in [3.63, 3.8) is 0 Å². The molecule has 2 atom stereocenters. The van der Waals surface area contributed by atoms with Gasteiger partial charge in [0.1, 0.15) is 17.4 Å². The number of carbonyl (C=O) groups is 2. The Bertz CT molecular complexity index is 1220. The molecule has 7 heteroatoms. The molecule has 0 spiro atoms. The van der Waals surface area contributed by atoms with E-state index in [0.717, 1.165) is 28.5 Å². The molecule has 2 heterocycles. The highest BCUT2D eigenvalue weighted by molar-refractivity contribution is 6.02. The Labute approximate surface area is 186 Å². The van der Waals surface area contributed by atoms with Gasteiger partial charge in [0, 0.05) is 34.9 Å². The summed E-state index contributed by atoms with van der Waals surface area (Å²) in [7, 11) is 0. The van der Waals surface area contributed by atoms with E-state index >= 15 is 0 Å². The van der Waals surface area contributed by atoms with Crippen molar-refractivity contribution in [1.82, 2.24) is 9.97 Å². The molecule has 1 aromatic carbocycles. The number of nitrogens with zero attached hydrogens (tertiary/aromatic N) is 2. The number of ketones is 1. The predicted molar refractivity (Wildman–Crippen MR) is 123 cm³/mol. The number of amides is 1. The van der Waals surface area contributed by atoms with Gasteiger partial charge in [-0.05, 0) is 48.8 Å². The summed E-state index contributed by atoms with van der Waals surface area (Å²) in [6.07, 6.45) is 3.75. The number of hydrogen-bond donors (Lipinski definition) is 3. The molecule has 2 aliphatic rings. The highest BCUT2D eigenvalue weighted by Crippen LogP contribution is 2.45. The molecule has 3 aromatic rings. The summed E-state index contributed by atoms with van der Waals surface area (Å²) in [6.45, 7) is 2.10. The fourth-order valence-electron chi connectivity index (χ4n) is 4.60. The highest BCUT2D eigenvalue weighted by Gasteiger charge is 2.51. The second-order valence-electron chi connectivity index (χ2n) is 8.86. The quantitative estimate of drug-likeness (QED) is 0.552. The highest BCUT2D eigenvalue weighted by atomic mass is 16.3. The van der Waals surface area contributed by atoms with Gasteiger partial charge in [-0.3, -0.25) is 9.59 Å². The Morgan fingerprint density at radius 3 is 2.69 bits per heavy atom. The maximum absolute atomic E-state index is 12.7. The van der Waals surface area contributed by atoms with Crippen LogP contribution in [0.4, 0.5) is 11.6 Å². The van der Waals surface area contributed by atoms with Gasteiger partial charge < -0.3 is 16.2 Å². The van der Waals surface area contributed by atoms with E-state index in [-0.39, 0.29) is 35.5 Å². The van der Waals surface area contributed by atoms with E-state index in [1.807, 2.05) is 24.3 Å². The third-order valence-electron chi connectivity index (χ3n) is 6.68. The molecule has 0 radical (unpaired) electrons. The molecule has 2 saturated carbocycles. The zero-order valence-electron chi connectivity index (χ0n) is 17.9. The molecule has 164 valence electrons. The molecule has 0 unspecified atom stereocenters. The average molecular weight is 431 g/mol.